The monoisotopic (exact) mass is 192 g/mol. The zero-order chi connectivity index (χ0) is 10.7. The van der Waals surface area contributed by atoms with Gasteiger partial charge in [-0.2, -0.15) is 0 Å². The van der Waals surface area contributed by atoms with Gasteiger partial charge in [-0.3, -0.25) is 9.78 Å². The molecule has 0 bridgehead atoms. The van der Waals surface area contributed by atoms with E-state index in [4.69, 9.17) is 0 Å². The summed E-state index contributed by atoms with van der Waals surface area (Å²) in [6.07, 6.45) is 3.41. The molecule has 0 aliphatic heterocycles. The number of carbonyl (C=O) groups excluding carboxylic acids is 1. The minimum Gasteiger partial charge on any atom is -0.345 e. The van der Waals surface area contributed by atoms with Crippen LogP contribution >= 0.6 is 0 Å². The van der Waals surface area contributed by atoms with Gasteiger partial charge in [0, 0.05) is 26.5 Å². The molecule has 3 nitrogen and oxygen atoms in total. The van der Waals surface area contributed by atoms with Crippen LogP contribution in [0.25, 0.3) is 0 Å². The molecule has 0 N–H and O–H groups in total. The number of nitrogens with zero attached hydrogens (tertiary/aromatic N) is 2. The summed E-state index contributed by atoms with van der Waals surface area (Å²) in [5.74, 6) is 0.400. The van der Waals surface area contributed by atoms with Crippen molar-refractivity contribution < 1.29 is 4.79 Å². The van der Waals surface area contributed by atoms with Crippen LogP contribution in [0.2, 0.25) is 0 Å². The van der Waals surface area contributed by atoms with Crippen LogP contribution in [0.5, 0.6) is 0 Å². The molecule has 14 heavy (non-hydrogen) atoms. The highest BCUT2D eigenvalue weighted by Gasteiger charge is 2.09. The number of aromatic nitrogens is 1. The van der Waals surface area contributed by atoms with E-state index in [1.54, 1.807) is 31.4 Å². The van der Waals surface area contributed by atoms with E-state index in [2.05, 4.69) is 18.8 Å². The lowest BCUT2D eigenvalue weighted by atomic mass is 10.0. The molecule has 0 atom stereocenters. The Kier molecular flexibility index (Phi) is 3.23. The quantitative estimate of drug-likeness (QED) is 0.717. The predicted octanol–water partition coefficient (Wildman–Crippen LogP) is 1.91. The van der Waals surface area contributed by atoms with Crippen molar-refractivity contribution in [3.05, 3.63) is 29.6 Å². The van der Waals surface area contributed by atoms with E-state index < -0.39 is 0 Å². The zero-order valence-corrected chi connectivity index (χ0v) is 9.11. The van der Waals surface area contributed by atoms with Gasteiger partial charge in [-0.15, -0.1) is 0 Å². The van der Waals surface area contributed by atoms with Gasteiger partial charge in [0.2, 0.25) is 0 Å². The Morgan fingerprint density at radius 1 is 1.36 bits per heavy atom. The Hall–Kier alpha value is -1.38. The third-order valence-electron chi connectivity index (χ3n) is 2.08. The van der Waals surface area contributed by atoms with Crippen molar-refractivity contribution >= 4 is 5.91 Å². The number of carbonyl (C=O) groups is 1. The molecule has 1 amide bonds. The maximum atomic E-state index is 11.6. The number of hydrogen-bond donors (Lipinski definition) is 0. The second kappa shape index (κ2) is 4.22. The van der Waals surface area contributed by atoms with E-state index in [9.17, 15) is 4.79 Å². The first-order chi connectivity index (χ1) is 6.52. The Balaban J connectivity index is 3.00. The first-order valence-corrected chi connectivity index (χ1v) is 4.69. The fourth-order valence-electron chi connectivity index (χ4n) is 1.15. The summed E-state index contributed by atoms with van der Waals surface area (Å²) in [5.41, 5.74) is 1.75. The normalized spacial score (nSPS) is 10.4. The molecule has 1 rings (SSSR count). The highest BCUT2D eigenvalue weighted by atomic mass is 16.2. The first-order valence-electron chi connectivity index (χ1n) is 4.69. The topological polar surface area (TPSA) is 33.2 Å². The molecule has 0 spiro atoms. The SMILES string of the molecule is CC(C)c1cncc(C(=O)N(C)C)c1. The van der Waals surface area contributed by atoms with Crippen LogP contribution in [0.4, 0.5) is 0 Å². The average molecular weight is 192 g/mol. The van der Waals surface area contributed by atoms with E-state index in [-0.39, 0.29) is 5.91 Å². The van der Waals surface area contributed by atoms with Gasteiger partial charge in [-0.1, -0.05) is 13.8 Å². The van der Waals surface area contributed by atoms with Crippen LogP contribution in [-0.4, -0.2) is 29.9 Å². The molecular formula is C11H16N2O. The summed E-state index contributed by atoms with van der Waals surface area (Å²) in [7, 11) is 3.48. The van der Waals surface area contributed by atoms with Crippen LogP contribution < -0.4 is 0 Å². The van der Waals surface area contributed by atoms with E-state index in [1.165, 1.54) is 0 Å². The summed E-state index contributed by atoms with van der Waals surface area (Å²) < 4.78 is 0. The molecule has 76 valence electrons. The molecule has 3 heteroatoms. The number of amides is 1. The van der Waals surface area contributed by atoms with Crippen molar-refractivity contribution in [1.29, 1.82) is 0 Å². The third-order valence-corrected chi connectivity index (χ3v) is 2.08. The standard InChI is InChI=1S/C11H16N2O/c1-8(2)9-5-10(7-12-6-9)11(14)13(3)4/h5-8H,1-4H3. The van der Waals surface area contributed by atoms with E-state index in [1.807, 2.05) is 6.07 Å². The highest BCUT2D eigenvalue weighted by Crippen LogP contribution is 2.14. The van der Waals surface area contributed by atoms with Crippen LogP contribution in [0.1, 0.15) is 35.7 Å². The lowest BCUT2D eigenvalue weighted by Crippen LogP contribution is -2.21. The molecule has 0 aliphatic carbocycles. The predicted molar refractivity (Wildman–Crippen MR) is 56.3 cm³/mol. The van der Waals surface area contributed by atoms with Crippen molar-refractivity contribution in [1.82, 2.24) is 9.88 Å². The second-order valence-corrected chi connectivity index (χ2v) is 3.86. The number of pyridine rings is 1. The van der Waals surface area contributed by atoms with Crippen molar-refractivity contribution in [3.63, 3.8) is 0 Å². The van der Waals surface area contributed by atoms with Crippen molar-refractivity contribution in [2.45, 2.75) is 19.8 Å². The van der Waals surface area contributed by atoms with Gasteiger partial charge in [0.25, 0.3) is 5.91 Å². The number of hydrogen-bond acceptors (Lipinski definition) is 2. The lowest BCUT2D eigenvalue weighted by Gasteiger charge is -2.11. The first kappa shape index (κ1) is 10.7. The minimum atomic E-state index is 0.000000000000000444. The molecule has 1 aromatic rings. The zero-order valence-electron chi connectivity index (χ0n) is 9.11. The van der Waals surface area contributed by atoms with Crippen LogP contribution in [-0.2, 0) is 0 Å². The fourth-order valence-corrected chi connectivity index (χ4v) is 1.15. The Bertz CT molecular complexity index is 332. The molecule has 0 fully saturated rings. The summed E-state index contributed by atoms with van der Waals surface area (Å²) in [6.45, 7) is 4.17. The van der Waals surface area contributed by atoms with E-state index in [0.717, 1.165) is 5.56 Å². The van der Waals surface area contributed by atoms with Crippen LogP contribution in [0.3, 0.4) is 0 Å². The molecule has 0 saturated heterocycles. The fraction of sp³-hybridized carbons (Fsp3) is 0.455. The number of rotatable bonds is 2. The summed E-state index contributed by atoms with van der Waals surface area (Å²) in [6, 6.07) is 1.90. The maximum Gasteiger partial charge on any atom is 0.254 e. The summed E-state index contributed by atoms with van der Waals surface area (Å²) >= 11 is 0. The van der Waals surface area contributed by atoms with Gasteiger partial charge in [0.1, 0.15) is 0 Å². The second-order valence-electron chi connectivity index (χ2n) is 3.86. The summed E-state index contributed by atoms with van der Waals surface area (Å²) in [5, 5.41) is 0. The van der Waals surface area contributed by atoms with Crippen LogP contribution in [0.15, 0.2) is 18.5 Å². The van der Waals surface area contributed by atoms with Gasteiger partial charge < -0.3 is 4.90 Å². The average Bonchev–Trinajstić information content (AvgIpc) is 2.16. The van der Waals surface area contributed by atoms with Crippen molar-refractivity contribution in [2.75, 3.05) is 14.1 Å². The van der Waals surface area contributed by atoms with Gasteiger partial charge in [0.05, 0.1) is 5.56 Å². The molecule has 0 unspecified atom stereocenters. The maximum absolute atomic E-state index is 11.6. The van der Waals surface area contributed by atoms with Gasteiger partial charge >= 0.3 is 0 Å². The van der Waals surface area contributed by atoms with Gasteiger partial charge in [-0.05, 0) is 17.5 Å². The smallest absolute Gasteiger partial charge is 0.254 e. The Morgan fingerprint density at radius 2 is 2.00 bits per heavy atom. The molecule has 1 heterocycles. The summed E-state index contributed by atoms with van der Waals surface area (Å²) in [4.78, 5) is 17.2. The largest absolute Gasteiger partial charge is 0.345 e. The van der Waals surface area contributed by atoms with Crippen LogP contribution in [0, 0.1) is 0 Å². The molecule has 1 aromatic heterocycles. The molecule has 0 aliphatic rings. The van der Waals surface area contributed by atoms with E-state index >= 15 is 0 Å². The van der Waals surface area contributed by atoms with Gasteiger partial charge in [-0.25, -0.2) is 0 Å². The van der Waals surface area contributed by atoms with Gasteiger partial charge in [0.15, 0.2) is 0 Å². The van der Waals surface area contributed by atoms with Crippen molar-refractivity contribution in [3.8, 4) is 0 Å². The molecule has 0 radical (unpaired) electrons. The molecular weight excluding hydrogens is 176 g/mol. The molecule has 0 aromatic carbocycles. The third kappa shape index (κ3) is 2.31. The minimum absolute atomic E-state index is 0.000000000000000444. The lowest BCUT2D eigenvalue weighted by molar-refractivity contribution is 0.0827. The molecule has 0 saturated carbocycles. The van der Waals surface area contributed by atoms with Crippen molar-refractivity contribution in [2.24, 2.45) is 0 Å². The highest BCUT2D eigenvalue weighted by molar-refractivity contribution is 5.93. The van der Waals surface area contributed by atoms with E-state index in [0.29, 0.717) is 11.5 Å². The Labute approximate surface area is 84.8 Å². The Morgan fingerprint density at radius 3 is 2.50 bits per heavy atom.